The molecular weight excluding hydrogens is 276 g/mol. The Morgan fingerprint density at radius 2 is 1.41 bits per heavy atom. The summed E-state index contributed by atoms with van der Waals surface area (Å²) in [6.45, 7) is 0. The Morgan fingerprint density at radius 1 is 0.818 bits per heavy atom. The quantitative estimate of drug-likeness (QED) is 0.798. The molecule has 0 radical (unpaired) electrons. The summed E-state index contributed by atoms with van der Waals surface area (Å²) in [5, 5.41) is 0. The van der Waals surface area contributed by atoms with Gasteiger partial charge in [-0.05, 0) is 35.9 Å². The average molecular weight is 290 g/mol. The third-order valence-corrected chi connectivity index (χ3v) is 3.35. The molecule has 0 aliphatic rings. The maximum absolute atomic E-state index is 11.7. The summed E-state index contributed by atoms with van der Waals surface area (Å²) in [6.07, 6.45) is 4.98. The van der Waals surface area contributed by atoms with Crippen molar-refractivity contribution < 1.29 is 4.79 Å². The summed E-state index contributed by atoms with van der Waals surface area (Å²) in [4.78, 5) is 24.7. The molecule has 5 heteroatoms. The van der Waals surface area contributed by atoms with Crippen molar-refractivity contribution in [1.29, 1.82) is 0 Å². The summed E-state index contributed by atoms with van der Waals surface area (Å²) in [7, 11) is 0. The number of carbonyl (C=O) groups excluding carboxylic acids is 1. The van der Waals surface area contributed by atoms with Crippen LogP contribution in [0, 0.1) is 0 Å². The van der Waals surface area contributed by atoms with E-state index in [4.69, 9.17) is 5.73 Å². The van der Waals surface area contributed by atoms with Crippen molar-refractivity contribution in [2.24, 2.45) is 5.73 Å². The van der Waals surface area contributed by atoms with Crippen LogP contribution in [0.4, 0.5) is 0 Å². The van der Waals surface area contributed by atoms with Gasteiger partial charge < -0.3 is 5.73 Å². The monoisotopic (exact) mass is 290 g/mol. The number of nitrogens with zero attached hydrogens (tertiary/aromatic N) is 3. The van der Waals surface area contributed by atoms with Crippen LogP contribution < -0.4 is 5.73 Å². The van der Waals surface area contributed by atoms with Gasteiger partial charge in [0, 0.05) is 18.6 Å². The molecule has 0 saturated heterocycles. The van der Waals surface area contributed by atoms with Gasteiger partial charge in [-0.2, -0.15) is 0 Å². The minimum Gasteiger partial charge on any atom is -0.364 e. The Morgan fingerprint density at radius 3 is 1.91 bits per heavy atom. The molecule has 0 unspecified atom stereocenters. The van der Waals surface area contributed by atoms with E-state index in [1.165, 1.54) is 0 Å². The van der Waals surface area contributed by atoms with Crippen molar-refractivity contribution >= 4 is 5.91 Å². The lowest BCUT2D eigenvalue weighted by Gasteiger charge is -2.18. The Bertz CT molecular complexity index is 735. The molecule has 0 bridgehead atoms. The van der Waals surface area contributed by atoms with E-state index in [0.717, 1.165) is 11.4 Å². The second-order valence-electron chi connectivity index (χ2n) is 4.75. The first-order valence-corrected chi connectivity index (χ1v) is 6.84. The van der Waals surface area contributed by atoms with E-state index in [1.54, 1.807) is 24.7 Å². The van der Waals surface area contributed by atoms with Crippen molar-refractivity contribution in [3.8, 4) is 0 Å². The maximum atomic E-state index is 11.7. The Kier molecular flexibility index (Phi) is 3.87. The van der Waals surface area contributed by atoms with Crippen LogP contribution in [0.25, 0.3) is 0 Å². The van der Waals surface area contributed by atoms with Crippen molar-refractivity contribution in [3.05, 3.63) is 89.8 Å². The molecule has 3 rings (SSSR count). The lowest BCUT2D eigenvalue weighted by Crippen LogP contribution is -2.19. The van der Waals surface area contributed by atoms with E-state index >= 15 is 0 Å². The van der Waals surface area contributed by atoms with Gasteiger partial charge in [0.1, 0.15) is 5.69 Å². The van der Waals surface area contributed by atoms with Crippen molar-refractivity contribution in [1.82, 2.24) is 15.0 Å². The van der Waals surface area contributed by atoms with Crippen LogP contribution in [0.2, 0.25) is 0 Å². The summed E-state index contributed by atoms with van der Waals surface area (Å²) in [6, 6.07) is 14.9. The molecule has 3 aromatic heterocycles. The predicted octanol–water partition coefficient (Wildman–Crippen LogP) is 2.15. The zero-order valence-electron chi connectivity index (χ0n) is 11.8. The fourth-order valence-electron chi connectivity index (χ4n) is 2.42. The predicted molar refractivity (Wildman–Crippen MR) is 82.2 cm³/mol. The van der Waals surface area contributed by atoms with Gasteiger partial charge in [0.2, 0.25) is 0 Å². The summed E-state index contributed by atoms with van der Waals surface area (Å²) in [5.74, 6) is -0.855. The molecule has 0 aliphatic heterocycles. The van der Waals surface area contributed by atoms with E-state index in [-0.39, 0.29) is 11.6 Å². The summed E-state index contributed by atoms with van der Waals surface area (Å²) < 4.78 is 0. The zero-order chi connectivity index (χ0) is 15.4. The van der Waals surface area contributed by atoms with Crippen molar-refractivity contribution in [2.45, 2.75) is 5.92 Å². The highest BCUT2D eigenvalue weighted by molar-refractivity contribution is 5.92. The molecule has 3 heterocycles. The SMILES string of the molecule is NC(=O)c1ncccc1C(c1ccccn1)c1ccccn1. The average Bonchev–Trinajstić information content (AvgIpc) is 2.57. The largest absolute Gasteiger partial charge is 0.364 e. The number of carbonyl (C=O) groups is 1. The molecule has 0 spiro atoms. The smallest absolute Gasteiger partial charge is 0.267 e. The number of hydrogen-bond acceptors (Lipinski definition) is 4. The standard InChI is InChI=1S/C17H14N4O/c18-17(22)16-12(6-5-11-21-16)15(13-7-1-3-9-19-13)14-8-2-4-10-20-14/h1-11,15H,(H2,18,22). The fourth-order valence-corrected chi connectivity index (χ4v) is 2.42. The van der Waals surface area contributed by atoms with Crippen LogP contribution in [-0.2, 0) is 0 Å². The number of aromatic nitrogens is 3. The highest BCUT2D eigenvalue weighted by atomic mass is 16.1. The van der Waals surface area contributed by atoms with Gasteiger partial charge >= 0.3 is 0 Å². The van der Waals surface area contributed by atoms with Crippen LogP contribution in [0.1, 0.15) is 33.4 Å². The lowest BCUT2D eigenvalue weighted by molar-refractivity contribution is 0.0994. The van der Waals surface area contributed by atoms with Gasteiger partial charge in [0.25, 0.3) is 5.91 Å². The number of primary amides is 1. The van der Waals surface area contributed by atoms with Crippen LogP contribution in [0.3, 0.4) is 0 Å². The highest BCUT2D eigenvalue weighted by Crippen LogP contribution is 2.30. The van der Waals surface area contributed by atoms with Crippen LogP contribution in [-0.4, -0.2) is 20.9 Å². The number of amides is 1. The molecular formula is C17H14N4O. The summed E-state index contributed by atoms with van der Waals surface area (Å²) in [5.41, 5.74) is 7.98. The van der Waals surface area contributed by atoms with Gasteiger partial charge in [-0.25, -0.2) is 0 Å². The van der Waals surface area contributed by atoms with E-state index in [2.05, 4.69) is 15.0 Å². The zero-order valence-corrected chi connectivity index (χ0v) is 11.8. The van der Waals surface area contributed by atoms with Crippen LogP contribution in [0.15, 0.2) is 67.1 Å². The van der Waals surface area contributed by atoms with E-state index in [9.17, 15) is 4.79 Å². The third-order valence-electron chi connectivity index (χ3n) is 3.35. The van der Waals surface area contributed by atoms with Crippen molar-refractivity contribution in [3.63, 3.8) is 0 Å². The first-order chi connectivity index (χ1) is 10.8. The minimum atomic E-state index is -0.563. The van der Waals surface area contributed by atoms with Gasteiger partial charge in [-0.15, -0.1) is 0 Å². The van der Waals surface area contributed by atoms with Gasteiger partial charge in [-0.3, -0.25) is 19.7 Å². The molecule has 22 heavy (non-hydrogen) atoms. The molecule has 0 fully saturated rings. The first-order valence-electron chi connectivity index (χ1n) is 6.84. The van der Waals surface area contributed by atoms with Gasteiger partial charge in [-0.1, -0.05) is 18.2 Å². The molecule has 1 amide bonds. The number of hydrogen-bond donors (Lipinski definition) is 1. The van der Waals surface area contributed by atoms with Gasteiger partial charge in [0.15, 0.2) is 0 Å². The molecule has 0 aromatic carbocycles. The van der Waals surface area contributed by atoms with E-state index in [0.29, 0.717) is 5.56 Å². The number of pyridine rings is 3. The Hall–Kier alpha value is -3.08. The maximum Gasteiger partial charge on any atom is 0.267 e. The Balaban J connectivity index is 2.21. The van der Waals surface area contributed by atoms with Crippen LogP contribution >= 0.6 is 0 Å². The summed E-state index contributed by atoms with van der Waals surface area (Å²) >= 11 is 0. The molecule has 0 aliphatic carbocycles. The topological polar surface area (TPSA) is 81.8 Å². The fraction of sp³-hybridized carbons (Fsp3) is 0.0588. The lowest BCUT2D eigenvalue weighted by atomic mass is 9.90. The number of rotatable bonds is 4. The molecule has 5 nitrogen and oxygen atoms in total. The molecule has 0 saturated carbocycles. The highest BCUT2D eigenvalue weighted by Gasteiger charge is 2.24. The molecule has 0 atom stereocenters. The normalized spacial score (nSPS) is 10.6. The Labute approximate surface area is 127 Å². The molecule has 2 N–H and O–H groups in total. The van der Waals surface area contributed by atoms with E-state index in [1.807, 2.05) is 42.5 Å². The molecule has 3 aromatic rings. The second kappa shape index (κ2) is 6.13. The first kappa shape index (κ1) is 13.9. The third kappa shape index (κ3) is 2.69. The van der Waals surface area contributed by atoms with E-state index < -0.39 is 5.91 Å². The van der Waals surface area contributed by atoms with Gasteiger partial charge in [0.05, 0.1) is 17.3 Å². The minimum absolute atomic E-state index is 0.240. The van der Waals surface area contributed by atoms with Crippen LogP contribution in [0.5, 0.6) is 0 Å². The molecule has 108 valence electrons. The van der Waals surface area contributed by atoms with Crippen molar-refractivity contribution in [2.75, 3.05) is 0 Å². The number of nitrogens with two attached hydrogens (primary N) is 1. The second-order valence-corrected chi connectivity index (χ2v) is 4.75.